The normalized spacial score (nSPS) is 17.3. The van der Waals surface area contributed by atoms with Crippen molar-refractivity contribution >= 4 is 17.8 Å². The summed E-state index contributed by atoms with van der Waals surface area (Å²) in [6.07, 6.45) is 1.30. The first-order valence-electron chi connectivity index (χ1n) is 8.31. The van der Waals surface area contributed by atoms with E-state index in [4.69, 9.17) is 0 Å². The zero-order valence-corrected chi connectivity index (χ0v) is 14.5. The Bertz CT molecular complexity index is 628. The number of nitrogens with zero attached hydrogens (tertiary/aromatic N) is 1. The van der Waals surface area contributed by atoms with Gasteiger partial charge in [-0.2, -0.15) is 0 Å². The van der Waals surface area contributed by atoms with Gasteiger partial charge in [0.25, 0.3) is 5.91 Å². The summed E-state index contributed by atoms with van der Waals surface area (Å²) in [6, 6.07) is 6.99. The highest BCUT2D eigenvalue weighted by molar-refractivity contribution is 6.06. The third kappa shape index (κ3) is 4.57. The third-order valence-corrected chi connectivity index (χ3v) is 4.09. The van der Waals surface area contributed by atoms with Crippen LogP contribution in [0.4, 0.5) is 4.79 Å². The molecule has 1 unspecified atom stereocenters. The fraction of sp³-hybridized carbons (Fsp3) is 0.500. The molecule has 0 aliphatic carbocycles. The Balaban J connectivity index is 1.81. The van der Waals surface area contributed by atoms with Crippen LogP contribution in [0.15, 0.2) is 24.3 Å². The number of imide groups is 1. The Labute approximate surface area is 142 Å². The van der Waals surface area contributed by atoms with E-state index in [0.717, 1.165) is 4.90 Å². The average Bonchev–Trinajstić information content (AvgIpc) is 2.76. The highest BCUT2D eigenvalue weighted by atomic mass is 16.2. The van der Waals surface area contributed by atoms with Crippen LogP contribution in [0.25, 0.3) is 0 Å². The van der Waals surface area contributed by atoms with Crippen LogP contribution in [0.2, 0.25) is 0 Å². The van der Waals surface area contributed by atoms with Gasteiger partial charge in [0.05, 0.1) is 0 Å². The van der Waals surface area contributed by atoms with Gasteiger partial charge >= 0.3 is 6.03 Å². The number of nitrogens with one attached hydrogen (secondary N) is 2. The lowest BCUT2D eigenvalue weighted by Gasteiger charge is -2.14. The average molecular weight is 331 g/mol. The SMILES string of the molecule is Cc1ccccc1CCNC(=O)CN1C(=O)NC(CC(C)C)C1=O. The molecule has 4 amide bonds. The fourth-order valence-electron chi connectivity index (χ4n) is 2.78. The van der Waals surface area contributed by atoms with E-state index in [9.17, 15) is 14.4 Å². The van der Waals surface area contributed by atoms with Crippen molar-refractivity contribution in [3.63, 3.8) is 0 Å². The first-order chi connectivity index (χ1) is 11.4. The molecule has 0 radical (unpaired) electrons. The van der Waals surface area contributed by atoms with Crippen LogP contribution >= 0.6 is 0 Å². The van der Waals surface area contributed by atoms with Crippen molar-refractivity contribution in [3.8, 4) is 0 Å². The van der Waals surface area contributed by atoms with E-state index in [0.29, 0.717) is 25.3 Å². The number of carbonyl (C=O) groups is 3. The topological polar surface area (TPSA) is 78.5 Å². The molecule has 1 fully saturated rings. The molecule has 2 N–H and O–H groups in total. The van der Waals surface area contributed by atoms with E-state index in [2.05, 4.69) is 10.6 Å². The molecular formula is C18H25N3O3. The van der Waals surface area contributed by atoms with Crippen molar-refractivity contribution in [2.24, 2.45) is 5.92 Å². The van der Waals surface area contributed by atoms with Crippen molar-refractivity contribution in [1.29, 1.82) is 0 Å². The summed E-state index contributed by atoms with van der Waals surface area (Å²) >= 11 is 0. The highest BCUT2D eigenvalue weighted by Crippen LogP contribution is 2.14. The van der Waals surface area contributed by atoms with Crippen LogP contribution in [0.3, 0.4) is 0 Å². The Morgan fingerprint density at radius 1 is 1.29 bits per heavy atom. The summed E-state index contributed by atoms with van der Waals surface area (Å²) in [5.74, 6) is -0.345. The maximum atomic E-state index is 12.2. The quantitative estimate of drug-likeness (QED) is 0.745. The highest BCUT2D eigenvalue weighted by Gasteiger charge is 2.38. The van der Waals surface area contributed by atoms with Crippen molar-refractivity contribution in [2.45, 2.75) is 39.7 Å². The largest absolute Gasteiger partial charge is 0.354 e. The van der Waals surface area contributed by atoms with Crippen LogP contribution in [0, 0.1) is 12.8 Å². The lowest BCUT2D eigenvalue weighted by molar-refractivity contribution is -0.132. The molecule has 1 saturated heterocycles. The Morgan fingerprint density at radius 3 is 2.67 bits per heavy atom. The van der Waals surface area contributed by atoms with E-state index in [1.165, 1.54) is 11.1 Å². The second-order valence-corrected chi connectivity index (χ2v) is 6.58. The predicted octanol–water partition coefficient (Wildman–Crippen LogP) is 1.62. The number of carbonyl (C=O) groups excluding carboxylic acids is 3. The lowest BCUT2D eigenvalue weighted by atomic mass is 10.0. The Kier molecular flexibility index (Phi) is 5.95. The lowest BCUT2D eigenvalue weighted by Crippen LogP contribution is -2.41. The maximum absolute atomic E-state index is 12.2. The molecule has 1 aromatic rings. The molecule has 6 nitrogen and oxygen atoms in total. The van der Waals surface area contributed by atoms with Crippen molar-refractivity contribution in [2.75, 3.05) is 13.1 Å². The zero-order chi connectivity index (χ0) is 17.7. The smallest absolute Gasteiger partial charge is 0.325 e. The van der Waals surface area contributed by atoms with Gasteiger partial charge in [-0.3, -0.25) is 14.5 Å². The molecule has 1 aliphatic heterocycles. The van der Waals surface area contributed by atoms with Gasteiger partial charge in [0, 0.05) is 6.54 Å². The number of amides is 4. The molecule has 1 aromatic carbocycles. The minimum atomic E-state index is -0.516. The van der Waals surface area contributed by atoms with Crippen LogP contribution < -0.4 is 10.6 Å². The van der Waals surface area contributed by atoms with Gasteiger partial charge in [0.15, 0.2) is 0 Å². The first kappa shape index (κ1) is 18.0. The van der Waals surface area contributed by atoms with Gasteiger partial charge < -0.3 is 10.6 Å². The van der Waals surface area contributed by atoms with E-state index in [1.54, 1.807) is 0 Å². The molecule has 6 heteroatoms. The third-order valence-electron chi connectivity index (χ3n) is 4.09. The van der Waals surface area contributed by atoms with Gasteiger partial charge in [0.1, 0.15) is 12.6 Å². The Hall–Kier alpha value is -2.37. The summed E-state index contributed by atoms with van der Waals surface area (Å²) < 4.78 is 0. The van der Waals surface area contributed by atoms with Gasteiger partial charge in [-0.05, 0) is 36.8 Å². The molecule has 1 atom stereocenters. The number of rotatable bonds is 7. The number of hydrogen-bond acceptors (Lipinski definition) is 3. The number of urea groups is 1. The molecule has 24 heavy (non-hydrogen) atoms. The molecular weight excluding hydrogens is 306 g/mol. The van der Waals surface area contributed by atoms with E-state index in [1.807, 2.05) is 45.0 Å². The first-order valence-corrected chi connectivity index (χ1v) is 8.31. The molecule has 0 saturated carbocycles. The van der Waals surface area contributed by atoms with Crippen LogP contribution in [0.1, 0.15) is 31.4 Å². The number of benzene rings is 1. The van der Waals surface area contributed by atoms with Gasteiger partial charge in [-0.25, -0.2) is 4.79 Å². The van der Waals surface area contributed by atoms with Crippen LogP contribution in [-0.2, 0) is 16.0 Å². The summed E-state index contributed by atoms with van der Waals surface area (Å²) in [5.41, 5.74) is 2.35. The second-order valence-electron chi connectivity index (χ2n) is 6.58. The predicted molar refractivity (Wildman–Crippen MR) is 91.4 cm³/mol. The van der Waals surface area contributed by atoms with Gasteiger partial charge in [0.2, 0.25) is 5.91 Å². The minimum absolute atomic E-state index is 0.229. The van der Waals surface area contributed by atoms with Gasteiger partial charge in [-0.15, -0.1) is 0 Å². The maximum Gasteiger partial charge on any atom is 0.325 e. The van der Waals surface area contributed by atoms with E-state index < -0.39 is 12.1 Å². The van der Waals surface area contributed by atoms with Crippen molar-refractivity contribution < 1.29 is 14.4 Å². The Morgan fingerprint density at radius 2 is 2.00 bits per heavy atom. The monoisotopic (exact) mass is 331 g/mol. The molecule has 0 spiro atoms. The van der Waals surface area contributed by atoms with Crippen molar-refractivity contribution in [3.05, 3.63) is 35.4 Å². The summed E-state index contributed by atoms with van der Waals surface area (Å²) in [5, 5.41) is 5.41. The van der Waals surface area contributed by atoms with Crippen LogP contribution in [0.5, 0.6) is 0 Å². The summed E-state index contributed by atoms with van der Waals surface area (Å²) in [4.78, 5) is 37.1. The van der Waals surface area contributed by atoms with E-state index in [-0.39, 0.29) is 18.4 Å². The zero-order valence-electron chi connectivity index (χ0n) is 14.5. The summed E-state index contributed by atoms with van der Waals surface area (Å²) in [6.45, 7) is 6.25. The summed E-state index contributed by atoms with van der Waals surface area (Å²) in [7, 11) is 0. The molecule has 0 bridgehead atoms. The molecule has 2 rings (SSSR count). The molecule has 0 aromatic heterocycles. The fourth-order valence-corrected chi connectivity index (χ4v) is 2.78. The molecule has 130 valence electrons. The minimum Gasteiger partial charge on any atom is -0.354 e. The molecule has 1 aliphatic rings. The van der Waals surface area contributed by atoms with Crippen molar-refractivity contribution in [1.82, 2.24) is 15.5 Å². The number of aryl methyl sites for hydroxylation is 1. The molecule has 1 heterocycles. The second kappa shape index (κ2) is 7.95. The van der Waals surface area contributed by atoms with E-state index >= 15 is 0 Å². The van der Waals surface area contributed by atoms with Gasteiger partial charge in [-0.1, -0.05) is 38.1 Å². The van der Waals surface area contributed by atoms with Crippen LogP contribution in [-0.4, -0.2) is 41.9 Å². The number of hydrogen-bond donors (Lipinski definition) is 2. The standard InChI is InChI=1S/C18H25N3O3/c1-12(2)10-15-17(23)21(18(24)20-15)11-16(22)19-9-8-14-7-5-4-6-13(14)3/h4-7,12,15H,8-11H2,1-3H3,(H,19,22)(H,20,24).